The summed E-state index contributed by atoms with van der Waals surface area (Å²) in [6, 6.07) is 8.01. The van der Waals surface area contributed by atoms with Gasteiger partial charge in [-0.15, -0.1) is 11.3 Å². The predicted octanol–water partition coefficient (Wildman–Crippen LogP) is 3.15. The van der Waals surface area contributed by atoms with Crippen molar-refractivity contribution in [3.05, 3.63) is 39.8 Å². The first-order valence-electron chi connectivity index (χ1n) is 4.95. The molecule has 0 radical (unpaired) electrons. The maximum absolute atomic E-state index is 5.48. The summed E-state index contributed by atoms with van der Waals surface area (Å²) in [5.74, 6) is 0. The Balaban J connectivity index is 2.08. The van der Waals surface area contributed by atoms with E-state index in [0.717, 1.165) is 27.4 Å². The second-order valence-electron chi connectivity index (χ2n) is 3.32. The molecular formula is C11H12BrN3S. The molecule has 0 saturated heterocycles. The Morgan fingerprint density at radius 1 is 1.44 bits per heavy atom. The fraction of sp³-hybridized carbons (Fsp3) is 0.182. The standard InChI is InChI=1S/C11H12BrN3S/c12-8-2-1-3-9(6-8)14-11-15-10(4-5-13)7-16-11/h1-3,6-7H,4-5,13H2,(H,14,15). The molecule has 0 spiro atoms. The molecule has 1 aromatic heterocycles. The quantitative estimate of drug-likeness (QED) is 0.911. The minimum atomic E-state index is 0.639. The normalized spacial score (nSPS) is 10.4. The highest BCUT2D eigenvalue weighted by Crippen LogP contribution is 2.23. The summed E-state index contributed by atoms with van der Waals surface area (Å²) in [5, 5.41) is 6.20. The van der Waals surface area contributed by atoms with E-state index >= 15 is 0 Å². The Labute approximate surface area is 107 Å². The molecule has 3 N–H and O–H groups in total. The number of thiazole rings is 1. The number of nitrogens with one attached hydrogen (secondary N) is 1. The molecule has 84 valence electrons. The molecule has 0 aliphatic carbocycles. The van der Waals surface area contributed by atoms with Crippen LogP contribution in [-0.4, -0.2) is 11.5 Å². The third-order valence-electron chi connectivity index (χ3n) is 2.03. The van der Waals surface area contributed by atoms with Crippen molar-refractivity contribution in [2.45, 2.75) is 6.42 Å². The highest BCUT2D eigenvalue weighted by Gasteiger charge is 2.01. The van der Waals surface area contributed by atoms with Crippen LogP contribution in [0.15, 0.2) is 34.1 Å². The van der Waals surface area contributed by atoms with E-state index in [2.05, 4.69) is 26.2 Å². The molecule has 1 aromatic carbocycles. The van der Waals surface area contributed by atoms with Crippen molar-refractivity contribution >= 4 is 38.1 Å². The zero-order chi connectivity index (χ0) is 11.4. The van der Waals surface area contributed by atoms with Crippen LogP contribution >= 0.6 is 27.3 Å². The number of aromatic nitrogens is 1. The average Bonchev–Trinajstić information content (AvgIpc) is 2.66. The predicted molar refractivity (Wildman–Crippen MR) is 72.3 cm³/mol. The molecule has 1 heterocycles. The fourth-order valence-corrected chi connectivity index (χ4v) is 2.48. The van der Waals surface area contributed by atoms with Gasteiger partial charge in [-0.2, -0.15) is 0 Å². The summed E-state index contributed by atoms with van der Waals surface area (Å²) in [6.45, 7) is 0.639. The Kier molecular flexibility index (Phi) is 3.93. The van der Waals surface area contributed by atoms with Crippen LogP contribution in [0.4, 0.5) is 10.8 Å². The van der Waals surface area contributed by atoms with Gasteiger partial charge < -0.3 is 11.1 Å². The number of nitrogens with zero attached hydrogens (tertiary/aromatic N) is 1. The largest absolute Gasteiger partial charge is 0.332 e. The smallest absolute Gasteiger partial charge is 0.187 e. The lowest BCUT2D eigenvalue weighted by Gasteiger charge is -2.02. The summed E-state index contributed by atoms with van der Waals surface area (Å²) in [5.41, 5.74) is 7.56. The molecule has 0 bridgehead atoms. The zero-order valence-electron chi connectivity index (χ0n) is 8.61. The van der Waals surface area contributed by atoms with Crippen LogP contribution in [0.1, 0.15) is 5.69 Å². The van der Waals surface area contributed by atoms with Crippen molar-refractivity contribution in [3.63, 3.8) is 0 Å². The SMILES string of the molecule is NCCc1csc(Nc2cccc(Br)c2)n1. The average molecular weight is 298 g/mol. The van der Waals surface area contributed by atoms with Gasteiger partial charge in [0.1, 0.15) is 0 Å². The van der Waals surface area contributed by atoms with Crippen molar-refractivity contribution in [2.24, 2.45) is 5.73 Å². The minimum absolute atomic E-state index is 0.639. The number of nitrogens with two attached hydrogens (primary N) is 1. The molecule has 0 fully saturated rings. The van der Waals surface area contributed by atoms with E-state index < -0.39 is 0 Å². The summed E-state index contributed by atoms with van der Waals surface area (Å²) in [7, 11) is 0. The monoisotopic (exact) mass is 297 g/mol. The Bertz CT molecular complexity index is 470. The molecule has 0 atom stereocenters. The summed E-state index contributed by atoms with van der Waals surface area (Å²) < 4.78 is 1.05. The van der Waals surface area contributed by atoms with Crippen molar-refractivity contribution in [1.29, 1.82) is 0 Å². The lowest BCUT2D eigenvalue weighted by molar-refractivity contribution is 0.936. The Morgan fingerprint density at radius 3 is 3.06 bits per heavy atom. The van der Waals surface area contributed by atoms with Gasteiger partial charge in [0, 0.05) is 22.0 Å². The fourth-order valence-electron chi connectivity index (χ4n) is 1.32. The van der Waals surface area contributed by atoms with Crippen LogP contribution in [0.5, 0.6) is 0 Å². The van der Waals surface area contributed by atoms with Crippen molar-refractivity contribution < 1.29 is 0 Å². The minimum Gasteiger partial charge on any atom is -0.332 e. The van der Waals surface area contributed by atoms with Gasteiger partial charge >= 0.3 is 0 Å². The Hall–Kier alpha value is -0.910. The van der Waals surface area contributed by atoms with Gasteiger partial charge in [-0.3, -0.25) is 0 Å². The molecule has 16 heavy (non-hydrogen) atoms. The summed E-state index contributed by atoms with van der Waals surface area (Å²) in [4.78, 5) is 4.44. The number of hydrogen-bond acceptors (Lipinski definition) is 4. The second kappa shape index (κ2) is 5.43. The van der Waals surface area contributed by atoms with Gasteiger partial charge in [0.2, 0.25) is 0 Å². The van der Waals surface area contributed by atoms with Crippen LogP contribution in [0.2, 0.25) is 0 Å². The summed E-state index contributed by atoms with van der Waals surface area (Å²) in [6.07, 6.45) is 0.830. The van der Waals surface area contributed by atoms with Crippen LogP contribution in [0.3, 0.4) is 0 Å². The van der Waals surface area contributed by atoms with E-state index in [1.54, 1.807) is 11.3 Å². The first kappa shape index (κ1) is 11.6. The third kappa shape index (κ3) is 3.04. The second-order valence-corrected chi connectivity index (χ2v) is 5.09. The van der Waals surface area contributed by atoms with E-state index in [9.17, 15) is 0 Å². The summed E-state index contributed by atoms with van der Waals surface area (Å²) >= 11 is 5.03. The van der Waals surface area contributed by atoms with Gasteiger partial charge in [0.15, 0.2) is 5.13 Å². The molecule has 2 rings (SSSR count). The highest BCUT2D eigenvalue weighted by atomic mass is 79.9. The van der Waals surface area contributed by atoms with E-state index in [0.29, 0.717) is 6.54 Å². The maximum atomic E-state index is 5.48. The number of rotatable bonds is 4. The van der Waals surface area contributed by atoms with Crippen LogP contribution in [0, 0.1) is 0 Å². The van der Waals surface area contributed by atoms with Crippen molar-refractivity contribution in [1.82, 2.24) is 4.98 Å². The molecule has 0 saturated carbocycles. The highest BCUT2D eigenvalue weighted by molar-refractivity contribution is 9.10. The topological polar surface area (TPSA) is 50.9 Å². The third-order valence-corrected chi connectivity index (χ3v) is 3.33. The van der Waals surface area contributed by atoms with E-state index in [4.69, 9.17) is 5.73 Å². The van der Waals surface area contributed by atoms with Crippen LogP contribution in [0.25, 0.3) is 0 Å². The number of benzene rings is 1. The molecule has 2 aromatic rings. The van der Waals surface area contributed by atoms with E-state index in [1.165, 1.54) is 0 Å². The first-order valence-corrected chi connectivity index (χ1v) is 6.62. The molecule has 0 unspecified atom stereocenters. The number of hydrogen-bond donors (Lipinski definition) is 2. The molecule has 3 nitrogen and oxygen atoms in total. The lowest BCUT2D eigenvalue weighted by atomic mass is 10.3. The Morgan fingerprint density at radius 2 is 2.31 bits per heavy atom. The molecular weight excluding hydrogens is 286 g/mol. The van der Waals surface area contributed by atoms with Crippen molar-refractivity contribution in [3.8, 4) is 0 Å². The number of anilines is 2. The zero-order valence-corrected chi connectivity index (χ0v) is 11.0. The van der Waals surface area contributed by atoms with Gasteiger partial charge in [-0.1, -0.05) is 22.0 Å². The van der Waals surface area contributed by atoms with Gasteiger partial charge in [0.25, 0.3) is 0 Å². The van der Waals surface area contributed by atoms with E-state index in [-0.39, 0.29) is 0 Å². The maximum Gasteiger partial charge on any atom is 0.187 e. The van der Waals surface area contributed by atoms with Gasteiger partial charge in [-0.05, 0) is 24.7 Å². The van der Waals surface area contributed by atoms with Crippen molar-refractivity contribution in [2.75, 3.05) is 11.9 Å². The molecule has 5 heteroatoms. The van der Waals surface area contributed by atoms with Crippen LogP contribution < -0.4 is 11.1 Å². The molecule has 0 amide bonds. The number of halogens is 1. The first-order chi connectivity index (χ1) is 7.78. The molecule has 0 aliphatic rings. The van der Waals surface area contributed by atoms with E-state index in [1.807, 2.05) is 29.6 Å². The van der Waals surface area contributed by atoms with Gasteiger partial charge in [-0.25, -0.2) is 4.98 Å². The molecule has 0 aliphatic heterocycles. The van der Waals surface area contributed by atoms with Gasteiger partial charge in [0.05, 0.1) is 5.69 Å². The lowest BCUT2D eigenvalue weighted by Crippen LogP contribution is -2.02. The van der Waals surface area contributed by atoms with Crippen LogP contribution in [-0.2, 0) is 6.42 Å².